The number of esters is 1. The first-order valence-electron chi connectivity index (χ1n) is 12.5. The average molecular weight is 568 g/mol. The molecule has 190 valence electrons. The number of ketones is 1. The molecule has 5 nitrogen and oxygen atoms in total. The fourth-order valence-electron chi connectivity index (χ4n) is 6.40. The third-order valence-electron chi connectivity index (χ3n) is 7.93. The molecule has 1 fully saturated rings. The number of fused-ring (bicyclic) bond motifs is 3. The summed E-state index contributed by atoms with van der Waals surface area (Å²) in [6.45, 7) is -0.0243. The Morgan fingerprint density at radius 2 is 1.45 bits per heavy atom. The molecule has 0 spiro atoms. The SMILES string of the molecule is COC(=O)[C@@H]1[C@@H]([C@@H](O)c2ccccc2Br)C(=O)CN1C1(c2ccccc2)c2ccccc2-c2ccccc21. The number of hydrogen-bond acceptors (Lipinski definition) is 5. The summed E-state index contributed by atoms with van der Waals surface area (Å²) < 4.78 is 6.00. The average Bonchev–Trinajstić information content (AvgIpc) is 3.46. The van der Waals surface area contributed by atoms with Crippen molar-refractivity contribution in [1.29, 1.82) is 0 Å². The second-order valence-electron chi connectivity index (χ2n) is 9.72. The minimum atomic E-state index is -1.20. The van der Waals surface area contributed by atoms with E-state index in [2.05, 4.69) is 40.2 Å². The molecule has 0 saturated carbocycles. The first kappa shape index (κ1) is 24.7. The molecule has 1 N–H and O–H groups in total. The van der Waals surface area contributed by atoms with Crippen LogP contribution in [0.25, 0.3) is 11.1 Å². The van der Waals surface area contributed by atoms with Crippen molar-refractivity contribution in [2.24, 2.45) is 5.92 Å². The molecule has 0 radical (unpaired) electrons. The largest absolute Gasteiger partial charge is 0.468 e. The van der Waals surface area contributed by atoms with Crippen LogP contribution in [0, 0.1) is 5.92 Å². The molecular weight excluding hydrogens is 542 g/mol. The van der Waals surface area contributed by atoms with Gasteiger partial charge in [-0.2, -0.15) is 0 Å². The zero-order chi connectivity index (χ0) is 26.4. The quantitative estimate of drug-likeness (QED) is 0.323. The van der Waals surface area contributed by atoms with Crippen LogP contribution in [0.2, 0.25) is 0 Å². The van der Waals surface area contributed by atoms with E-state index in [0.29, 0.717) is 10.0 Å². The lowest BCUT2D eigenvalue weighted by atomic mass is 9.78. The highest BCUT2D eigenvalue weighted by Crippen LogP contribution is 2.57. The maximum absolute atomic E-state index is 13.9. The fraction of sp³-hybridized carbons (Fsp3) is 0.188. The number of likely N-dealkylation sites (tertiary alicyclic amines) is 1. The molecule has 3 atom stereocenters. The molecule has 0 bridgehead atoms. The number of aliphatic hydroxyl groups is 1. The number of nitrogens with zero attached hydrogens (tertiary/aromatic N) is 1. The van der Waals surface area contributed by atoms with Gasteiger partial charge < -0.3 is 9.84 Å². The number of halogens is 1. The van der Waals surface area contributed by atoms with E-state index in [0.717, 1.165) is 27.8 Å². The van der Waals surface area contributed by atoms with Crippen LogP contribution in [-0.2, 0) is 19.9 Å². The summed E-state index contributed by atoms with van der Waals surface area (Å²) in [6.07, 6.45) is -1.20. The number of ether oxygens (including phenoxy) is 1. The topological polar surface area (TPSA) is 66.8 Å². The third kappa shape index (κ3) is 3.52. The van der Waals surface area contributed by atoms with Crippen molar-refractivity contribution in [3.8, 4) is 11.1 Å². The van der Waals surface area contributed by atoms with Gasteiger partial charge in [0.05, 0.1) is 31.2 Å². The lowest BCUT2D eigenvalue weighted by Crippen LogP contribution is -2.54. The number of benzene rings is 4. The van der Waals surface area contributed by atoms with Crippen LogP contribution >= 0.6 is 15.9 Å². The van der Waals surface area contributed by atoms with Crippen molar-refractivity contribution in [3.05, 3.63) is 130 Å². The summed E-state index contributed by atoms with van der Waals surface area (Å²) in [6, 6.07) is 32.5. The molecule has 6 heteroatoms. The molecule has 6 rings (SSSR count). The monoisotopic (exact) mass is 567 g/mol. The summed E-state index contributed by atoms with van der Waals surface area (Å²) in [5, 5.41) is 11.6. The van der Waals surface area contributed by atoms with Crippen molar-refractivity contribution in [2.45, 2.75) is 17.7 Å². The van der Waals surface area contributed by atoms with Gasteiger partial charge >= 0.3 is 5.97 Å². The zero-order valence-corrected chi connectivity index (χ0v) is 22.3. The van der Waals surface area contributed by atoms with E-state index >= 15 is 0 Å². The first-order chi connectivity index (χ1) is 18.5. The number of carbonyl (C=O) groups is 2. The number of methoxy groups -OCH3 is 1. The first-order valence-corrected chi connectivity index (χ1v) is 13.3. The Hall–Kier alpha value is -3.58. The summed E-state index contributed by atoms with van der Waals surface area (Å²) in [7, 11) is 1.33. The van der Waals surface area contributed by atoms with Crippen LogP contribution in [-0.4, -0.2) is 41.5 Å². The Labute approximate surface area is 229 Å². The van der Waals surface area contributed by atoms with Crippen molar-refractivity contribution < 1.29 is 19.4 Å². The Balaban J connectivity index is 1.62. The maximum Gasteiger partial charge on any atom is 0.324 e. The van der Waals surface area contributed by atoms with E-state index in [-0.39, 0.29) is 12.3 Å². The van der Waals surface area contributed by atoms with E-state index in [1.807, 2.05) is 77.7 Å². The van der Waals surface area contributed by atoms with E-state index in [1.165, 1.54) is 7.11 Å². The summed E-state index contributed by atoms with van der Waals surface area (Å²) in [5.41, 5.74) is 4.65. The number of rotatable bonds is 5. The van der Waals surface area contributed by atoms with E-state index in [1.54, 1.807) is 6.07 Å². The summed E-state index contributed by atoms with van der Waals surface area (Å²) in [4.78, 5) is 29.4. The van der Waals surface area contributed by atoms with Crippen LogP contribution in [0.15, 0.2) is 108 Å². The van der Waals surface area contributed by atoms with Gasteiger partial charge in [0.15, 0.2) is 5.78 Å². The molecule has 0 aromatic heterocycles. The minimum Gasteiger partial charge on any atom is -0.468 e. The van der Waals surface area contributed by atoms with E-state index < -0.39 is 29.6 Å². The van der Waals surface area contributed by atoms with Crippen molar-refractivity contribution >= 4 is 27.7 Å². The summed E-state index contributed by atoms with van der Waals surface area (Å²) >= 11 is 3.51. The Bertz CT molecular complexity index is 1490. The Kier molecular flexibility index (Phi) is 6.26. The molecule has 1 aliphatic heterocycles. The Morgan fingerprint density at radius 3 is 2.05 bits per heavy atom. The van der Waals surface area contributed by atoms with Gasteiger partial charge in [0.1, 0.15) is 6.04 Å². The van der Waals surface area contributed by atoms with Gasteiger partial charge in [-0.25, -0.2) is 0 Å². The van der Waals surface area contributed by atoms with Gasteiger partial charge in [-0.3, -0.25) is 14.5 Å². The predicted octanol–water partition coefficient (Wildman–Crippen LogP) is 5.50. The second-order valence-corrected chi connectivity index (χ2v) is 10.6. The number of Topliss-reactive ketones (excluding diaryl/α,β-unsaturated/α-hetero) is 1. The third-order valence-corrected chi connectivity index (χ3v) is 8.65. The Morgan fingerprint density at radius 1 is 0.895 bits per heavy atom. The second kappa shape index (κ2) is 9.62. The molecule has 1 saturated heterocycles. The molecule has 0 amide bonds. The van der Waals surface area contributed by atoms with Crippen molar-refractivity contribution in [1.82, 2.24) is 4.90 Å². The van der Waals surface area contributed by atoms with Gasteiger partial charge in [-0.05, 0) is 39.4 Å². The van der Waals surface area contributed by atoms with Gasteiger partial charge in [0.25, 0.3) is 0 Å². The van der Waals surface area contributed by atoms with Crippen LogP contribution < -0.4 is 0 Å². The molecule has 1 aliphatic carbocycles. The smallest absolute Gasteiger partial charge is 0.324 e. The molecular formula is C32H26BrNO4. The predicted molar refractivity (Wildman–Crippen MR) is 148 cm³/mol. The number of carbonyl (C=O) groups excluding carboxylic acids is 2. The lowest BCUT2D eigenvalue weighted by molar-refractivity contribution is -0.151. The van der Waals surface area contributed by atoms with Gasteiger partial charge in [0, 0.05) is 4.47 Å². The van der Waals surface area contributed by atoms with Gasteiger partial charge in [-0.15, -0.1) is 0 Å². The molecule has 4 aromatic carbocycles. The van der Waals surface area contributed by atoms with Crippen LogP contribution in [0.5, 0.6) is 0 Å². The number of aliphatic hydroxyl groups excluding tert-OH is 1. The van der Waals surface area contributed by atoms with Gasteiger partial charge in [-0.1, -0.05) is 113 Å². The normalized spacial score (nSPS) is 20.6. The molecule has 1 heterocycles. The van der Waals surface area contributed by atoms with Crippen molar-refractivity contribution in [2.75, 3.05) is 13.7 Å². The van der Waals surface area contributed by atoms with Crippen molar-refractivity contribution in [3.63, 3.8) is 0 Å². The highest BCUT2D eigenvalue weighted by atomic mass is 79.9. The maximum atomic E-state index is 13.9. The standard InChI is InChI=1S/C32H26BrNO4/c1-38-31(37)29-28(30(36)23-15-7-10-18-26(23)33)27(35)19-34(29)32(20-11-3-2-4-12-20)24-16-8-5-13-21(24)22-14-6-9-17-25(22)32/h2-18,28-30,36H,19H2,1H3/t28-,29-,30-/m0/s1. The van der Waals surface area contributed by atoms with E-state index in [4.69, 9.17) is 4.74 Å². The molecule has 38 heavy (non-hydrogen) atoms. The van der Waals surface area contributed by atoms with E-state index in [9.17, 15) is 14.7 Å². The number of hydrogen-bond donors (Lipinski definition) is 1. The summed E-state index contributed by atoms with van der Waals surface area (Å²) in [5.74, 6) is -1.77. The van der Waals surface area contributed by atoms with Crippen LogP contribution in [0.4, 0.5) is 0 Å². The molecule has 0 unspecified atom stereocenters. The zero-order valence-electron chi connectivity index (χ0n) is 20.8. The van der Waals surface area contributed by atoms with Crippen LogP contribution in [0.3, 0.4) is 0 Å². The van der Waals surface area contributed by atoms with Gasteiger partial charge in [0.2, 0.25) is 0 Å². The molecule has 2 aliphatic rings. The highest BCUT2D eigenvalue weighted by molar-refractivity contribution is 9.10. The molecule has 4 aromatic rings. The minimum absolute atomic E-state index is 0.0243. The van der Waals surface area contributed by atoms with Crippen LogP contribution in [0.1, 0.15) is 28.4 Å². The fourth-order valence-corrected chi connectivity index (χ4v) is 6.92. The lowest BCUT2D eigenvalue weighted by Gasteiger charge is -2.44. The highest BCUT2D eigenvalue weighted by Gasteiger charge is 2.60.